The number of nitrogen functional groups attached to an aromatic ring is 1. The number of fused-ring (bicyclic) bond motifs is 1. The predicted octanol–water partition coefficient (Wildman–Crippen LogP) is 5.08. The Morgan fingerprint density at radius 1 is 1.14 bits per heavy atom. The third-order valence-electron chi connectivity index (χ3n) is 6.18. The Morgan fingerprint density at radius 2 is 1.92 bits per heavy atom. The number of thiazole rings is 1. The van der Waals surface area contributed by atoms with E-state index < -0.39 is 8.28 Å². The summed E-state index contributed by atoms with van der Waals surface area (Å²) in [5.74, 6) is 0.0480. The fourth-order valence-electron chi connectivity index (χ4n) is 4.06. The van der Waals surface area contributed by atoms with E-state index in [2.05, 4.69) is 21.4 Å². The third-order valence-corrected chi connectivity index (χ3v) is 10.7. The fraction of sp³-hybridized carbons (Fsp3) is 0.192. The number of aromatic nitrogens is 1. The minimum Gasteiger partial charge on any atom is -0.384 e. The van der Waals surface area contributed by atoms with Crippen molar-refractivity contribution >= 4 is 70.6 Å². The van der Waals surface area contributed by atoms with Crippen molar-refractivity contribution in [1.29, 1.82) is 5.41 Å². The molecule has 0 radical (unpaired) electrons. The summed E-state index contributed by atoms with van der Waals surface area (Å²) in [7, 11) is -2.09. The van der Waals surface area contributed by atoms with Crippen molar-refractivity contribution in [3.05, 3.63) is 88.9 Å². The number of carbonyl (C=O) groups is 1. The van der Waals surface area contributed by atoms with Crippen LogP contribution in [0.3, 0.4) is 0 Å². The molecule has 5 rings (SSSR count). The van der Waals surface area contributed by atoms with Gasteiger partial charge in [-0.2, -0.15) is 0 Å². The zero-order valence-electron chi connectivity index (χ0n) is 19.8. The van der Waals surface area contributed by atoms with Crippen molar-refractivity contribution in [1.82, 2.24) is 15.0 Å². The van der Waals surface area contributed by atoms with Crippen molar-refractivity contribution in [3.63, 3.8) is 0 Å². The molecule has 0 bridgehead atoms. The van der Waals surface area contributed by atoms with Crippen LogP contribution in [0, 0.1) is 11.3 Å². The van der Waals surface area contributed by atoms with E-state index in [0.29, 0.717) is 25.1 Å². The minimum atomic E-state index is -2.09. The zero-order chi connectivity index (χ0) is 26.0. The van der Waals surface area contributed by atoms with Gasteiger partial charge in [-0.1, -0.05) is 44.7 Å². The molecule has 192 valence electrons. The van der Waals surface area contributed by atoms with E-state index in [9.17, 15) is 4.79 Å². The molecular weight excluding hydrogens is 541 g/mol. The second-order valence-electron chi connectivity index (χ2n) is 8.93. The molecule has 1 unspecified atom stereocenters. The zero-order valence-corrected chi connectivity index (χ0v) is 23.3. The maximum absolute atomic E-state index is 12.5. The van der Waals surface area contributed by atoms with E-state index in [1.54, 1.807) is 11.3 Å². The number of nitrogens with two attached hydrogens (primary N) is 1. The standard InChI is InChI=1S/C26H28N6OS4/c27-24(28)17-6-3-5-16(11-17)12-22(26-31-21-9-1-2-10-23(21)36-26)32-37(34,35)20-8-4-7-19(13-20)30-25(33)18-14-29-15-18/h1-11,13,18,22,29,32,34-35H,12,14-15H2,(H3,27,28)(H,30,33). The predicted molar refractivity (Wildman–Crippen MR) is 162 cm³/mol. The monoisotopic (exact) mass is 568 g/mol. The number of thiol groups is 2. The largest absolute Gasteiger partial charge is 0.384 e. The van der Waals surface area contributed by atoms with Crippen molar-refractivity contribution < 1.29 is 4.79 Å². The molecule has 1 amide bonds. The van der Waals surface area contributed by atoms with Crippen LogP contribution in [0.25, 0.3) is 10.2 Å². The van der Waals surface area contributed by atoms with Crippen molar-refractivity contribution in [2.24, 2.45) is 11.7 Å². The lowest BCUT2D eigenvalue weighted by molar-refractivity contribution is -0.121. The smallest absolute Gasteiger partial charge is 0.230 e. The Labute approximate surface area is 231 Å². The summed E-state index contributed by atoms with van der Waals surface area (Å²) in [6, 6.07) is 23.3. The molecule has 1 fully saturated rings. The molecule has 0 saturated carbocycles. The van der Waals surface area contributed by atoms with Gasteiger partial charge in [-0.25, -0.2) is 4.98 Å². The van der Waals surface area contributed by atoms with Crippen LogP contribution in [0.4, 0.5) is 5.69 Å². The molecule has 37 heavy (non-hydrogen) atoms. The number of nitrogens with one attached hydrogen (secondary N) is 4. The van der Waals surface area contributed by atoms with E-state index in [1.165, 1.54) is 0 Å². The molecule has 6 N–H and O–H groups in total. The highest BCUT2D eigenvalue weighted by molar-refractivity contribution is 9.17. The van der Waals surface area contributed by atoms with Gasteiger partial charge in [0.1, 0.15) is 10.8 Å². The van der Waals surface area contributed by atoms with Gasteiger partial charge in [0, 0.05) is 29.2 Å². The van der Waals surface area contributed by atoms with Gasteiger partial charge in [-0.15, -0.1) is 34.7 Å². The molecule has 4 aromatic rings. The number of rotatable bonds is 9. The molecule has 11 heteroatoms. The van der Waals surface area contributed by atoms with Gasteiger partial charge in [0.15, 0.2) is 0 Å². The van der Waals surface area contributed by atoms with Crippen LogP contribution in [0.2, 0.25) is 0 Å². The molecule has 1 saturated heterocycles. The Morgan fingerprint density at radius 3 is 2.65 bits per heavy atom. The summed E-state index contributed by atoms with van der Waals surface area (Å²) in [5, 5.41) is 14.9. The number of hydrogen-bond donors (Lipinski definition) is 7. The molecule has 1 aromatic heterocycles. The maximum atomic E-state index is 12.5. The van der Waals surface area contributed by atoms with Crippen LogP contribution in [0.5, 0.6) is 0 Å². The molecule has 1 atom stereocenters. The topological polar surface area (TPSA) is 116 Å². The van der Waals surface area contributed by atoms with Crippen LogP contribution in [0.15, 0.2) is 77.7 Å². The summed E-state index contributed by atoms with van der Waals surface area (Å²) in [4.78, 5) is 18.2. The summed E-state index contributed by atoms with van der Waals surface area (Å²) < 4.78 is 4.77. The number of carbonyl (C=O) groups excluding carboxylic acids is 1. The van der Waals surface area contributed by atoms with Gasteiger partial charge in [-0.3, -0.25) is 14.9 Å². The van der Waals surface area contributed by atoms with Crippen molar-refractivity contribution in [2.45, 2.75) is 17.4 Å². The van der Waals surface area contributed by atoms with E-state index in [0.717, 1.165) is 31.4 Å². The van der Waals surface area contributed by atoms with Crippen molar-refractivity contribution in [2.75, 3.05) is 18.4 Å². The SMILES string of the molecule is N=C(N)c1cccc(CC(NS(S)(S)c2cccc(NC(=O)C3CNC3)c2)c2nc3ccccc3s2)c1. The third kappa shape index (κ3) is 6.14. The van der Waals surface area contributed by atoms with Gasteiger partial charge in [0.25, 0.3) is 0 Å². The molecule has 1 aliphatic heterocycles. The Bertz CT molecular complexity index is 1420. The molecule has 2 heterocycles. The minimum absolute atomic E-state index is 0.0000647. The van der Waals surface area contributed by atoms with Crippen LogP contribution < -0.4 is 21.1 Å². The molecule has 1 aliphatic rings. The van der Waals surface area contributed by atoms with Gasteiger partial charge in [0.2, 0.25) is 5.91 Å². The number of amidine groups is 1. The summed E-state index contributed by atoms with van der Waals surface area (Å²) in [6.07, 6.45) is 0.613. The molecular formula is C26H28N6OS4. The Hall–Kier alpha value is -2.54. The van der Waals surface area contributed by atoms with Crippen LogP contribution >= 0.6 is 42.9 Å². The van der Waals surface area contributed by atoms with Gasteiger partial charge in [0.05, 0.1) is 22.2 Å². The molecule has 0 aliphatic carbocycles. The maximum Gasteiger partial charge on any atom is 0.230 e. The number of hydrogen-bond acceptors (Lipinski definition) is 8. The summed E-state index contributed by atoms with van der Waals surface area (Å²) in [6.45, 7) is 1.41. The van der Waals surface area contributed by atoms with E-state index in [-0.39, 0.29) is 23.7 Å². The first kappa shape index (κ1) is 26.1. The first-order valence-corrected chi connectivity index (χ1v) is 16.3. The molecule has 3 aromatic carbocycles. The van der Waals surface area contributed by atoms with E-state index in [1.807, 2.05) is 66.7 Å². The average Bonchev–Trinajstić information content (AvgIpc) is 3.27. The van der Waals surface area contributed by atoms with Crippen LogP contribution in [0.1, 0.15) is 22.2 Å². The lowest BCUT2D eigenvalue weighted by Crippen LogP contribution is -2.48. The molecule has 7 nitrogen and oxygen atoms in total. The highest BCUT2D eigenvalue weighted by Crippen LogP contribution is 2.62. The first-order valence-electron chi connectivity index (χ1n) is 11.7. The number of amides is 1. The quantitative estimate of drug-likeness (QED) is 0.0658. The Kier molecular flexibility index (Phi) is 7.80. The van der Waals surface area contributed by atoms with E-state index in [4.69, 9.17) is 39.4 Å². The lowest BCUT2D eigenvalue weighted by Gasteiger charge is -2.34. The van der Waals surface area contributed by atoms with Gasteiger partial charge in [-0.05, 0) is 48.4 Å². The van der Waals surface area contributed by atoms with Gasteiger partial charge < -0.3 is 16.4 Å². The van der Waals surface area contributed by atoms with E-state index >= 15 is 0 Å². The summed E-state index contributed by atoms with van der Waals surface area (Å²) in [5.41, 5.74) is 9.11. The lowest BCUT2D eigenvalue weighted by atomic mass is 10.0. The first-order chi connectivity index (χ1) is 17.8. The fourth-order valence-corrected chi connectivity index (χ4v) is 7.88. The highest BCUT2D eigenvalue weighted by Gasteiger charge is 2.28. The van der Waals surface area contributed by atoms with Crippen LogP contribution in [-0.4, -0.2) is 29.8 Å². The number of benzene rings is 3. The number of nitrogens with zero attached hydrogens (tertiary/aromatic N) is 1. The normalized spacial score (nSPS) is 15.2. The van der Waals surface area contributed by atoms with Crippen molar-refractivity contribution in [3.8, 4) is 0 Å². The molecule has 0 spiro atoms. The second-order valence-corrected chi connectivity index (χ2v) is 15.9. The average molecular weight is 569 g/mol. The summed E-state index contributed by atoms with van der Waals surface area (Å²) >= 11 is 11.6. The second kappa shape index (κ2) is 11.1. The van der Waals surface area contributed by atoms with Crippen LogP contribution in [-0.2, 0) is 11.2 Å². The number of para-hydroxylation sites is 1. The van der Waals surface area contributed by atoms with Gasteiger partial charge >= 0.3 is 0 Å². The number of anilines is 1. The highest BCUT2D eigenvalue weighted by atomic mass is 33.5. The Balaban J connectivity index is 1.43.